The van der Waals surface area contributed by atoms with Crippen molar-refractivity contribution >= 4 is 5.91 Å². The van der Waals surface area contributed by atoms with Crippen LogP contribution >= 0.6 is 0 Å². The first kappa shape index (κ1) is 14.6. The van der Waals surface area contributed by atoms with Crippen molar-refractivity contribution in [2.45, 2.75) is 38.5 Å². The lowest BCUT2D eigenvalue weighted by Gasteiger charge is -2.27. The van der Waals surface area contributed by atoms with Crippen molar-refractivity contribution < 1.29 is 4.79 Å². The molecular formula is C18H26N2O. The summed E-state index contributed by atoms with van der Waals surface area (Å²) in [6, 6.07) is 8.35. The molecule has 0 radical (unpaired) electrons. The number of hydrogen-bond donors (Lipinski definition) is 1. The quantitative estimate of drug-likeness (QED) is 0.926. The van der Waals surface area contributed by atoms with Crippen molar-refractivity contribution in [3.8, 4) is 0 Å². The van der Waals surface area contributed by atoms with Crippen molar-refractivity contribution in [2.24, 2.45) is 5.92 Å². The van der Waals surface area contributed by atoms with Gasteiger partial charge in [-0.2, -0.15) is 0 Å². The van der Waals surface area contributed by atoms with Crippen LogP contribution in [0.4, 0.5) is 0 Å². The number of hydrogen-bond acceptors (Lipinski definition) is 2. The Morgan fingerprint density at radius 2 is 1.71 bits per heavy atom. The molecule has 3 nitrogen and oxygen atoms in total. The standard InChI is InChI=1S/C18H26N2O/c21-18(20-12-2-1-3-13-20)17-6-4-15(5-7-17)14-16-8-10-19-11-9-16/h4-7,16,19H,1-3,8-14H2. The molecule has 2 aliphatic heterocycles. The molecule has 0 aromatic heterocycles. The highest BCUT2D eigenvalue weighted by atomic mass is 16.2. The maximum Gasteiger partial charge on any atom is 0.253 e. The minimum Gasteiger partial charge on any atom is -0.339 e. The van der Waals surface area contributed by atoms with Gasteiger partial charge in [0, 0.05) is 18.7 Å². The zero-order valence-corrected chi connectivity index (χ0v) is 12.8. The number of piperidine rings is 2. The Labute approximate surface area is 127 Å². The number of nitrogens with zero attached hydrogens (tertiary/aromatic N) is 1. The summed E-state index contributed by atoms with van der Waals surface area (Å²) in [5, 5.41) is 3.41. The van der Waals surface area contributed by atoms with Gasteiger partial charge in [-0.3, -0.25) is 4.79 Å². The van der Waals surface area contributed by atoms with Gasteiger partial charge in [0.25, 0.3) is 5.91 Å². The van der Waals surface area contributed by atoms with Crippen molar-refractivity contribution in [2.75, 3.05) is 26.2 Å². The fraction of sp³-hybridized carbons (Fsp3) is 0.611. The van der Waals surface area contributed by atoms with E-state index >= 15 is 0 Å². The molecule has 2 aliphatic rings. The average molecular weight is 286 g/mol. The number of rotatable bonds is 3. The van der Waals surface area contributed by atoms with Crippen molar-refractivity contribution in [3.63, 3.8) is 0 Å². The fourth-order valence-corrected chi connectivity index (χ4v) is 3.48. The lowest BCUT2D eigenvalue weighted by molar-refractivity contribution is 0.0724. The van der Waals surface area contributed by atoms with Gasteiger partial charge in [-0.05, 0) is 75.2 Å². The number of carbonyl (C=O) groups excluding carboxylic acids is 1. The highest BCUT2D eigenvalue weighted by molar-refractivity contribution is 5.94. The highest BCUT2D eigenvalue weighted by Crippen LogP contribution is 2.19. The molecule has 1 aromatic rings. The van der Waals surface area contributed by atoms with Crippen molar-refractivity contribution in [1.29, 1.82) is 0 Å². The Kier molecular flexibility index (Phi) is 4.91. The van der Waals surface area contributed by atoms with E-state index in [2.05, 4.69) is 17.4 Å². The van der Waals surface area contributed by atoms with Crippen LogP contribution in [0.15, 0.2) is 24.3 Å². The van der Waals surface area contributed by atoms with Gasteiger partial charge in [0.15, 0.2) is 0 Å². The second kappa shape index (κ2) is 7.08. The lowest BCUT2D eigenvalue weighted by atomic mass is 9.91. The smallest absolute Gasteiger partial charge is 0.253 e. The SMILES string of the molecule is O=C(c1ccc(CC2CCNCC2)cc1)N1CCCCC1. The van der Waals surface area contributed by atoms with Crippen LogP contribution in [0.2, 0.25) is 0 Å². The van der Waals surface area contributed by atoms with Gasteiger partial charge >= 0.3 is 0 Å². The normalized spacial score (nSPS) is 20.5. The van der Waals surface area contributed by atoms with E-state index < -0.39 is 0 Å². The second-order valence-corrected chi connectivity index (χ2v) is 6.45. The van der Waals surface area contributed by atoms with E-state index in [4.69, 9.17) is 0 Å². The van der Waals surface area contributed by atoms with Crippen LogP contribution in [0.1, 0.15) is 48.0 Å². The van der Waals surface area contributed by atoms with E-state index in [0.29, 0.717) is 0 Å². The van der Waals surface area contributed by atoms with E-state index in [0.717, 1.165) is 56.9 Å². The minimum absolute atomic E-state index is 0.211. The third-order valence-corrected chi connectivity index (χ3v) is 4.83. The van der Waals surface area contributed by atoms with Gasteiger partial charge in [-0.15, -0.1) is 0 Å². The Hall–Kier alpha value is -1.35. The number of amides is 1. The van der Waals surface area contributed by atoms with E-state index in [1.165, 1.54) is 24.8 Å². The van der Waals surface area contributed by atoms with Gasteiger partial charge in [0.05, 0.1) is 0 Å². The average Bonchev–Trinajstić information content (AvgIpc) is 2.57. The molecule has 2 fully saturated rings. The Morgan fingerprint density at radius 3 is 2.38 bits per heavy atom. The zero-order chi connectivity index (χ0) is 14.5. The molecule has 2 heterocycles. The van der Waals surface area contributed by atoms with Gasteiger partial charge in [-0.25, -0.2) is 0 Å². The first-order chi connectivity index (χ1) is 10.3. The third-order valence-electron chi connectivity index (χ3n) is 4.83. The Balaban J connectivity index is 1.59. The maximum absolute atomic E-state index is 12.4. The number of benzene rings is 1. The molecule has 3 heteroatoms. The fourth-order valence-electron chi connectivity index (χ4n) is 3.48. The number of carbonyl (C=O) groups is 1. The monoisotopic (exact) mass is 286 g/mol. The first-order valence-corrected chi connectivity index (χ1v) is 8.42. The summed E-state index contributed by atoms with van der Waals surface area (Å²) in [5.74, 6) is 1.01. The van der Waals surface area contributed by atoms with Crippen LogP contribution in [-0.4, -0.2) is 37.0 Å². The molecule has 0 atom stereocenters. The molecule has 114 valence electrons. The lowest BCUT2D eigenvalue weighted by Crippen LogP contribution is -2.35. The number of likely N-dealkylation sites (tertiary alicyclic amines) is 1. The van der Waals surface area contributed by atoms with E-state index in [-0.39, 0.29) is 5.91 Å². The van der Waals surface area contributed by atoms with Gasteiger partial charge < -0.3 is 10.2 Å². The van der Waals surface area contributed by atoms with Crippen LogP contribution in [0.25, 0.3) is 0 Å². The van der Waals surface area contributed by atoms with E-state index in [9.17, 15) is 4.79 Å². The maximum atomic E-state index is 12.4. The Morgan fingerprint density at radius 1 is 1.05 bits per heavy atom. The summed E-state index contributed by atoms with van der Waals surface area (Å²) in [4.78, 5) is 14.4. The molecule has 0 spiro atoms. The first-order valence-electron chi connectivity index (χ1n) is 8.42. The van der Waals surface area contributed by atoms with E-state index in [1.807, 2.05) is 17.0 Å². The molecule has 21 heavy (non-hydrogen) atoms. The number of nitrogens with one attached hydrogen (secondary N) is 1. The molecule has 1 N–H and O–H groups in total. The van der Waals surface area contributed by atoms with Crippen LogP contribution < -0.4 is 5.32 Å². The molecule has 1 aromatic carbocycles. The summed E-state index contributed by atoms with van der Waals surface area (Å²) in [6.07, 6.45) is 7.26. The summed E-state index contributed by atoms with van der Waals surface area (Å²) in [5.41, 5.74) is 2.23. The van der Waals surface area contributed by atoms with Gasteiger partial charge in [0.2, 0.25) is 0 Å². The van der Waals surface area contributed by atoms with Crippen LogP contribution in [0, 0.1) is 5.92 Å². The topological polar surface area (TPSA) is 32.3 Å². The highest BCUT2D eigenvalue weighted by Gasteiger charge is 2.18. The Bertz CT molecular complexity index is 457. The molecule has 3 rings (SSSR count). The summed E-state index contributed by atoms with van der Waals surface area (Å²) in [7, 11) is 0. The summed E-state index contributed by atoms with van der Waals surface area (Å²) < 4.78 is 0. The van der Waals surface area contributed by atoms with Gasteiger partial charge in [-0.1, -0.05) is 12.1 Å². The van der Waals surface area contributed by atoms with Crippen LogP contribution in [0.5, 0.6) is 0 Å². The molecule has 0 aliphatic carbocycles. The molecule has 2 saturated heterocycles. The largest absolute Gasteiger partial charge is 0.339 e. The van der Waals surface area contributed by atoms with Gasteiger partial charge in [0.1, 0.15) is 0 Å². The third kappa shape index (κ3) is 3.85. The molecule has 0 unspecified atom stereocenters. The predicted molar refractivity (Wildman–Crippen MR) is 85.5 cm³/mol. The van der Waals surface area contributed by atoms with Crippen LogP contribution in [-0.2, 0) is 6.42 Å². The summed E-state index contributed by atoms with van der Waals surface area (Å²) in [6.45, 7) is 4.15. The zero-order valence-electron chi connectivity index (χ0n) is 12.8. The van der Waals surface area contributed by atoms with Crippen LogP contribution in [0.3, 0.4) is 0 Å². The molecule has 0 bridgehead atoms. The molecule has 1 amide bonds. The second-order valence-electron chi connectivity index (χ2n) is 6.45. The molecular weight excluding hydrogens is 260 g/mol. The van der Waals surface area contributed by atoms with Crippen molar-refractivity contribution in [3.05, 3.63) is 35.4 Å². The van der Waals surface area contributed by atoms with Crippen molar-refractivity contribution in [1.82, 2.24) is 10.2 Å². The minimum atomic E-state index is 0.211. The van der Waals surface area contributed by atoms with E-state index in [1.54, 1.807) is 0 Å². The molecule has 0 saturated carbocycles. The predicted octanol–water partition coefficient (Wildman–Crippen LogP) is 2.85. The summed E-state index contributed by atoms with van der Waals surface area (Å²) >= 11 is 0.